The van der Waals surface area contributed by atoms with Crippen molar-refractivity contribution in [1.82, 2.24) is 15.1 Å². The third-order valence-electron chi connectivity index (χ3n) is 2.51. The van der Waals surface area contributed by atoms with Gasteiger partial charge in [-0.3, -0.25) is 9.48 Å². The standard InChI is InChI=1S/C14H23N3O3/c1-10(2)12(13(19)20-14(3,4)5)16-11(18)9-17-8-6-7-15-17/h6-8,10,12H,9H2,1-5H3,(H,16,18)/t12-/m0/s1. The van der Waals surface area contributed by atoms with Crippen LogP contribution in [0.3, 0.4) is 0 Å². The van der Waals surface area contributed by atoms with E-state index in [-0.39, 0.29) is 18.4 Å². The quantitative estimate of drug-likeness (QED) is 0.827. The molecule has 1 atom stereocenters. The highest BCUT2D eigenvalue weighted by Crippen LogP contribution is 2.12. The molecule has 0 bridgehead atoms. The molecule has 0 aliphatic rings. The van der Waals surface area contributed by atoms with Gasteiger partial charge in [0, 0.05) is 12.4 Å². The number of rotatable bonds is 5. The van der Waals surface area contributed by atoms with Gasteiger partial charge in [-0.25, -0.2) is 4.79 Å². The van der Waals surface area contributed by atoms with Crippen LogP contribution >= 0.6 is 0 Å². The number of ether oxygens (including phenoxy) is 1. The molecule has 112 valence electrons. The lowest BCUT2D eigenvalue weighted by molar-refractivity contribution is -0.160. The number of nitrogens with zero attached hydrogens (tertiary/aromatic N) is 2. The topological polar surface area (TPSA) is 73.2 Å². The molecule has 1 heterocycles. The number of nitrogens with one attached hydrogen (secondary N) is 1. The third-order valence-corrected chi connectivity index (χ3v) is 2.51. The molecule has 0 saturated heterocycles. The average Bonchev–Trinajstić information content (AvgIpc) is 2.75. The number of aromatic nitrogens is 2. The Bertz CT molecular complexity index is 447. The molecule has 0 spiro atoms. The van der Waals surface area contributed by atoms with Gasteiger partial charge in [0.15, 0.2) is 0 Å². The molecule has 0 fully saturated rings. The fourth-order valence-corrected chi connectivity index (χ4v) is 1.62. The van der Waals surface area contributed by atoms with E-state index in [1.807, 2.05) is 13.8 Å². The molecular formula is C14H23N3O3. The fraction of sp³-hybridized carbons (Fsp3) is 0.643. The summed E-state index contributed by atoms with van der Waals surface area (Å²) in [4.78, 5) is 24.0. The second kappa shape index (κ2) is 6.54. The monoisotopic (exact) mass is 281 g/mol. The minimum absolute atomic E-state index is 0.0496. The van der Waals surface area contributed by atoms with Crippen LogP contribution in [0.5, 0.6) is 0 Å². The Kier molecular flexibility index (Phi) is 5.30. The zero-order chi connectivity index (χ0) is 15.3. The Balaban J connectivity index is 2.63. The van der Waals surface area contributed by atoms with Crippen molar-refractivity contribution in [2.24, 2.45) is 5.92 Å². The van der Waals surface area contributed by atoms with Gasteiger partial charge in [-0.2, -0.15) is 5.10 Å². The fourth-order valence-electron chi connectivity index (χ4n) is 1.62. The molecular weight excluding hydrogens is 258 g/mol. The van der Waals surface area contributed by atoms with Crippen LogP contribution in [0.25, 0.3) is 0 Å². The zero-order valence-electron chi connectivity index (χ0n) is 12.7. The maximum atomic E-state index is 12.1. The summed E-state index contributed by atoms with van der Waals surface area (Å²) < 4.78 is 6.82. The van der Waals surface area contributed by atoms with Crippen molar-refractivity contribution < 1.29 is 14.3 Å². The number of hydrogen-bond acceptors (Lipinski definition) is 4. The average molecular weight is 281 g/mol. The number of hydrogen-bond donors (Lipinski definition) is 1. The molecule has 0 aromatic carbocycles. The highest BCUT2D eigenvalue weighted by Gasteiger charge is 2.29. The Morgan fingerprint density at radius 1 is 1.35 bits per heavy atom. The van der Waals surface area contributed by atoms with Crippen LogP contribution in [0.15, 0.2) is 18.5 Å². The van der Waals surface area contributed by atoms with Crippen LogP contribution in [-0.2, 0) is 20.9 Å². The number of carbonyl (C=O) groups excluding carboxylic acids is 2. The lowest BCUT2D eigenvalue weighted by Gasteiger charge is -2.26. The molecule has 6 heteroatoms. The molecule has 1 rings (SSSR count). The Morgan fingerprint density at radius 2 is 2.00 bits per heavy atom. The third kappa shape index (κ3) is 5.42. The summed E-state index contributed by atoms with van der Waals surface area (Å²) in [6, 6.07) is 1.08. The number of carbonyl (C=O) groups is 2. The molecule has 0 aliphatic carbocycles. The van der Waals surface area contributed by atoms with Crippen molar-refractivity contribution >= 4 is 11.9 Å². The molecule has 0 unspecified atom stereocenters. The van der Waals surface area contributed by atoms with E-state index in [1.165, 1.54) is 4.68 Å². The van der Waals surface area contributed by atoms with E-state index >= 15 is 0 Å². The molecule has 6 nitrogen and oxygen atoms in total. The van der Waals surface area contributed by atoms with Crippen LogP contribution in [0.4, 0.5) is 0 Å². The van der Waals surface area contributed by atoms with Crippen molar-refractivity contribution in [1.29, 1.82) is 0 Å². The minimum Gasteiger partial charge on any atom is -0.458 e. The van der Waals surface area contributed by atoms with E-state index in [1.54, 1.807) is 39.2 Å². The first-order valence-corrected chi connectivity index (χ1v) is 6.68. The van der Waals surface area contributed by atoms with E-state index < -0.39 is 17.6 Å². The summed E-state index contributed by atoms with van der Waals surface area (Å²) >= 11 is 0. The van der Waals surface area contributed by atoms with Crippen LogP contribution in [0, 0.1) is 5.92 Å². The van der Waals surface area contributed by atoms with Crippen molar-refractivity contribution in [2.45, 2.75) is 52.8 Å². The maximum Gasteiger partial charge on any atom is 0.329 e. The molecule has 0 saturated carbocycles. The second-order valence-electron chi connectivity index (χ2n) is 6.03. The van der Waals surface area contributed by atoms with Gasteiger partial charge in [-0.05, 0) is 32.8 Å². The predicted octanol–water partition coefficient (Wildman–Crippen LogP) is 1.37. The van der Waals surface area contributed by atoms with E-state index in [4.69, 9.17) is 4.74 Å². The molecule has 1 aromatic heterocycles. The molecule has 1 amide bonds. The summed E-state index contributed by atoms with van der Waals surface area (Å²) in [5.74, 6) is -0.731. The lowest BCUT2D eigenvalue weighted by Crippen LogP contribution is -2.48. The van der Waals surface area contributed by atoms with Gasteiger partial charge in [-0.1, -0.05) is 13.8 Å². The molecule has 0 aliphatic heterocycles. The van der Waals surface area contributed by atoms with E-state index in [0.717, 1.165) is 0 Å². The van der Waals surface area contributed by atoms with Gasteiger partial charge in [0.1, 0.15) is 18.2 Å². The van der Waals surface area contributed by atoms with Crippen LogP contribution in [0.1, 0.15) is 34.6 Å². The van der Waals surface area contributed by atoms with Gasteiger partial charge in [0.25, 0.3) is 0 Å². The Morgan fingerprint density at radius 3 is 2.45 bits per heavy atom. The largest absolute Gasteiger partial charge is 0.458 e. The maximum absolute atomic E-state index is 12.1. The summed E-state index contributed by atoms with van der Waals surface area (Å²) in [6.07, 6.45) is 3.29. The second-order valence-corrected chi connectivity index (χ2v) is 6.03. The first-order chi connectivity index (χ1) is 9.19. The van der Waals surface area contributed by atoms with E-state index in [0.29, 0.717) is 0 Å². The SMILES string of the molecule is CC(C)[C@H](NC(=O)Cn1cccn1)C(=O)OC(C)(C)C. The number of amides is 1. The highest BCUT2D eigenvalue weighted by atomic mass is 16.6. The normalized spacial score (nSPS) is 13.1. The lowest BCUT2D eigenvalue weighted by atomic mass is 10.0. The zero-order valence-corrected chi connectivity index (χ0v) is 12.7. The summed E-state index contributed by atoms with van der Waals surface area (Å²) in [7, 11) is 0. The summed E-state index contributed by atoms with van der Waals surface area (Å²) in [6.45, 7) is 9.21. The summed E-state index contributed by atoms with van der Waals surface area (Å²) in [5, 5.41) is 6.66. The van der Waals surface area contributed by atoms with Crippen LogP contribution < -0.4 is 5.32 Å². The van der Waals surface area contributed by atoms with E-state index in [9.17, 15) is 9.59 Å². The molecule has 1 N–H and O–H groups in total. The highest BCUT2D eigenvalue weighted by molar-refractivity contribution is 5.84. The van der Waals surface area contributed by atoms with Crippen molar-refractivity contribution in [3.63, 3.8) is 0 Å². The minimum atomic E-state index is -0.655. The number of esters is 1. The molecule has 20 heavy (non-hydrogen) atoms. The molecule has 1 aromatic rings. The van der Waals surface area contributed by atoms with Gasteiger partial charge >= 0.3 is 5.97 Å². The van der Waals surface area contributed by atoms with Crippen molar-refractivity contribution in [2.75, 3.05) is 0 Å². The van der Waals surface area contributed by atoms with Crippen LogP contribution in [-0.4, -0.2) is 33.3 Å². The van der Waals surface area contributed by atoms with E-state index in [2.05, 4.69) is 10.4 Å². The Hall–Kier alpha value is -1.85. The van der Waals surface area contributed by atoms with Gasteiger partial charge in [0.2, 0.25) is 5.91 Å². The van der Waals surface area contributed by atoms with Gasteiger partial charge in [0.05, 0.1) is 0 Å². The predicted molar refractivity (Wildman–Crippen MR) is 74.8 cm³/mol. The van der Waals surface area contributed by atoms with Crippen molar-refractivity contribution in [3.05, 3.63) is 18.5 Å². The first kappa shape index (κ1) is 16.2. The van der Waals surface area contributed by atoms with Crippen LogP contribution in [0.2, 0.25) is 0 Å². The van der Waals surface area contributed by atoms with Gasteiger partial charge < -0.3 is 10.1 Å². The first-order valence-electron chi connectivity index (χ1n) is 6.68. The van der Waals surface area contributed by atoms with Gasteiger partial charge in [-0.15, -0.1) is 0 Å². The molecule has 0 radical (unpaired) electrons. The summed E-state index contributed by atoms with van der Waals surface area (Å²) in [5.41, 5.74) is -0.572. The Labute approximate surface area is 119 Å². The smallest absolute Gasteiger partial charge is 0.329 e. The van der Waals surface area contributed by atoms with Crippen molar-refractivity contribution in [3.8, 4) is 0 Å².